The summed E-state index contributed by atoms with van der Waals surface area (Å²) in [6, 6.07) is 9.23. The largest absolute Gasteiger partial charge is 0.443 e. The predicted octanol–water partition coefficient (Wildman–Crippen LogP) is 2.20. The van der Waals surface area contributed by atoms with E-state index in [1.54, 1.807) is 24.5 Å². The zero-order valence-electron chi connectivity index (χ0n) is 10.7. The van der Waals surface area contributed by atoms with Crippen molar-refractivity contribution in [1.82, 2.24) is 15.3 Å². The highest BCUT2D eigenvalue weighted by Crippen LogP contribution is 2.14. The van der Waals surface area contributed by atoms with Crippen LogP contribution < -0.4 is 5.32 Å². The lowest BCUT2D eigenvalue weighted by Crippen LogP contribution is -2.25. The molecule has 0 spiro atoms. The Morgan fingerprint density at radius 1 is 1.20 bits per heavy atom. The second kappa shape index (κ2) is 5.52. The van der Waals surface area contributed by atoms with Crippen LogP contribution in [0, 0.1) is 0 Å². The lowest BCUT2D eigenvalue weighted by molar-refractivity contribution is 0.0954. The van der Waals surface area contributed by atoms with Crippen molar-refractivity contribution < 1.29 is 9.21 Å². The first-order valence-corrected chi connectivity index (χ1v) is 6.33. The van der Waals surface area contributed by atoms with Crippen molar-refractivity contribution in [3.05, 3.63) is 60.2 Å². The second-order valence-corrected chi connectivity index (χ2v) is 4.40. The molecule has 0 aliphatic rings. The minimum Gasteiger partial charge on any atom is -0.443 e. The Morgan fingerprint density at radius 3 is 2.90 bits per heavy atom. The van der Waals surface area contributed by atoms with E-state index in [2.05, 4.69) is 15.3 Å². The van der Waals surface area contributed by atoms with Gasteiger partial charge in [-0.3, -0.25) is 9.78 Å². The number of nitrogens with one attached hydrogen (secondary N) is 1. The summed E-state index contributed by atoms with van der Waals surface area (Å²) in [4.78, 5) is 19.8. The molecule has 0 aliphatic carbocycles. The zero-order chi connectivity index (χ0) is 13.8. The van der Waals surface area contributed by atoms with Crippen LogP contribution in [0.3, 0.4) is 0 Å². The highest BCUT2D eigenvalue weighted by Gasteiger charge is 2.04. The van der Waals surface area contributed by atoms with Gasteiger partial charge in [-0.25, -0.2) is 4.98 Å². The topological polar surface area (TPSA) is 68.0 Å². The number of pyridine rings is 1. The summed E-state index contributed by atoms with van der Waals surface area (Å²) >= 11 is 0. The van der Waals surface area contributed by atoms with E-state index in [4.69, 9.17) is 4.42 Å². The van der Waals surface area contributed by atoms with Crippen LogP contribution in [0.5, 0.6) is 0 Å². The maximum absolute atomic E-state index is 11.8. The Labute approximate surface area is 115 Å². The quantitative estimate of drug-likeness (QED) is 0.786. The molecule has 2 aromatic heterocycles. The summed E-state index contributed by atoms with van der Waals surface area (Å²) in [6.07, 6.45) is 5.38. The van der Waals surface area contributed by atoms with Crippen molar-refractivity contribution in [3.8, 4) is 0 Å². The molecule has 1 aromatic carbocycles. The summed E-state index contributed by atoms with van der Waals surface area (Å²) in [5.41, 5.74) is 3.33. The molecule has 5 nitrogen and oxygen atoms in total. The smallest absolute Gasteiger partial charge is 0.251 e. The summed E-state index contributed by atoms with van der Waals surface area (Å²) in [6.45, 7) is 0.570. The van der Waals surface area contributed by atoms with E-state index in [1.165, 1.54) is 6.39 Å². The average molecular weight is 267 g/mol. The molecule has 1 amide bonds. The van der Waals surface area contributed by atoms with Gasteiger partial charge in [0.25, 0.3) is 5.91 Å². The van der Waals surface area contributed by atoms with Gasteiger partial charge in [-0.15, -0.1) is 0 Å². The Kier molecular flexibility index (Phi) is 3.41. The van der Waals surface area contributed by atoms with Crippen LogP contribution in [-0.4, -0.2) is 22.4 Å². The van der Waals surface area contributed by atoms with Gasteiger partial charge in [0.1, 0.15) is 5.52 Å². The number of carbonyl (C=O) groups is 1. The summed E-state index contributed by atoms with van der Waals surface area (Å²) in [5, 5.41) is 2.88. The highest BCUT2D eigenvalue weighted by molar-refractivity contribution is 5.93. The number of amides is 1. The Balaban J connectivity index is 1.58. The molecule has 0 bridgehead atoms. The fraction of sp³-hybridized carbons (Fsp3) is 0.133. The number of benzene rings is 1. The van der Waals surface area contributed by atoms with E-state index in [-0.39, 0.29) is 5.91 Å². The minimum absolute atomic E-state index is 0.0897. The van der Waals surface area contributed by atoms with E-state index in [9.17, 15) is 4.79 Å². The lowest BCUT2D eigenvalue weighted by atomic mass is 10.1. The van der Waals surface area contributed by atoms with E-state index >= 15 is 0 Å². The van der Waals surface area contributed by atoms with Gasteiger partial charge in [-0.2, -0.15) is 0 Å². The van der Waals surface area contributed by atoms with E-state index in [0.717, 1.165) is 23.1 Å². The fourth-order valence-corrected chi connectivity index (χ4v) is 1.98. The van der Waals surface area contributed by atoms with Crippen LogP contribution in [0.4, 0.5) is 0 Å². The lowest BCUT2D eigenvalue weighted by Gasteiger charge is -2.05. The Hall–Kier alpha value is -2.69. The first kappa shape index (κ1) is 12.3. The van der Waals surface area contributed by atoms with Gasteiger partial charge in [0, 0.05) is 24.5 Å². The molecular formula is C15H13N3O2. The van der Waals surface area contributed by atoms with E-state index < -0.39 is 0 Å². The standard InChI is InChI=1S/C15H13N3O2/c19-15(12-4-6-16-7-5-12)17-8-3-11-1-2-13-14(9-11)20-10-18-13/h1-2,4-7,9-10H,3,8H2,(H,17,19). The van der Waals surface area contributed by atoms with Crippen LogP contribution in [-0.2, 0) is 6.42 Å². The number of hydrogen-bond acceptors (Lipinski definition) is 4. The second-order valence-electron chi connectivity index (χ2n) is 4.40. The van der Waals surface area contributed by atoms with Crippen LogP contribution in [0.25, 0.3) is 11.1 Å². The molecule has 0 saturated carbocycles. The number of fused-ring (bicyclic) bond motifs is 1. The highest BCUT2D eigenvalue weighted by atomic mass is 16.3. The van der Waals surface area contributed by atoms with Crippen molar-refractivity contribution in [2.45, 2.75) is 6.42 Å². The van der Waals surface area contributed by atoms with Crippen LogP contribution >= 0.6 is 0 Å². The van der Waals surface area contributed by atoms with E-state index in [0.29, 0.717) is 12.1 Å². The summed E-state index contributed by atoms with van der Waals surface area (Å²) in [5.74, 6) is -0.0897. The summed E-state index contributed by atoms with van der Waals surface area (Å²) < 4.78 is 5.25. The van der Waals surface area contributed by atoms with Crippen molar-refractivity contribution in [2.75, 3.05) is 6.54 Å². The number of rotatable bonds is 4. The van der Waals surface area contributed by atoms with Gasteiger partial charge in [0.15, 0.2) is 12.0 Å². The predicted molar refractivity (Wildman–Crippen MR) is 74.3 cm³/mol. The molecule has 3 rings (SSSR count). The molecule has 100 valence electrons. The van der Waals surface area contributed by atoms with Crippen LogP contribution in [0.2, 0.25) is 0 Å². The van der Waals surface area contributed by atoms with Crippen molar-refractivity contribution in [1.29, 1.82) is 0 Å². The van der Waals surface area contributed by atoms with Gasteiger partial charge in [0.05, 0.1) is 0 Å². The molecule has 0 aliphatic heterocycles. The number of nitrogens with zero attached hydrogens (tertiary/aromatic N) is 2. The zero-order valence-corrected chi connectivity index (χ0v) is 10.7. The van der Waals surface area contributed by atoms with Crippen molar-refractivity contribution in [3.63, 3.8) is 0 Å². The average Bonchev–Trinajstić information content (AvgIpc) is 2.95. The molecule has 20 heavy (non-hydrogen) atoms. The SMILES string of the molecule is O=C(NCCc1ccc2ncoc2c1)c1ccncc1. The number of oxazole rings is 1. The van der Waals surface area contributed by atoms with Gasteiger partial charge in [0.2, 0.25) is 0 Å². The third kappa shape index (κ3) is 2.66. The first-order chi connectivity index (χ1) is 9.83. The number of hydrogen-bond donors (Lipinski definition) is 1. The Morgan fingerprint density at radius 2 is 2.05 bits per heavy atom. The number of carbonyl (C=O) groups excluding carboxylic acids is 1. The molecule has 2 heterocycles. The molecule has 0 unspecified atom stereocenters. The van der Waals surface area contributed by atoms with Gasteiger partial charge < -0.3 is 9.73 Å². The summed E-state index contributed by atoms with van der Waals surface area (Å²) in [7, 11) is 0. The molecule has 5 heteroatoms. The third-order valence-electron chi connectivity index (χ3n) is 3.04. The van der Waals surface area contributed by atoms with Gasteiger partial charge in [-0.05, 0) is 36.2 Å². The molecule has 0 atom stereocenters. The maximum atomic E-state index is 11.8. The molecule has 1 N–H and O–H groups in total. The fourth-order valence-electron chi connectivity index (χ4n) is 1.98. The van der Waals surface area contributed by atoms with Crippen LogP contribution in [0.1, 0.15) is 15.9 Å². The molecule has 0 saturated heterocycles. The molecule has 3 aromatic rings. The number of aromatic nitrogens is 2. The third-order valence-corrected chi connectivity index (χ3v) is 3.04. The molecule has 0 radical (unpaired) electrons. The van der Waals surface area contributed by atoms with Gasteiger partial charge in [-0.1, -0.05) is 6.07 Å². The molecular weight excluding hydrogens is 254 g/mol. The minimum atomic E-state index is -0.0897. The molecule has 0 fully saturated rings. The first-order valence-electron chi connectivity index (χ1n) is 6.33. The van der Waals surface area contributed by atoms with Crippen molar-refractivity contribution in [2.24, 2.45) is 0 Å². The van der Waals surface area contributed by atoms with Crippen LogP contribution in [0.15, 0.2) is 53.5 Å². The van der Waals surface area contributed by atoms with Gasteiger partial charge >= 0.3 is 0 Å². The van der Waals surface area contributed by atoms with E-state index in [1.807, 2.05) is 18.2 Å². The maximum Gasteiger partial charge on any atom is 0.251 e. The normalized spacial score (nSPS) is 10.6. The van der Waals surface area contributed by atoms with Crippen molar-refractivity contribution >= 4 is 17.0 Å². The Bertz CT molecular complexity index is 722. The monoisotopic (exact) mass is 267 g/mol.